The largest absolute Gasteiger partial charge is 0.366 e. The van der Waals surface area contributed by atoms with Gasteiger partial charge in [0.05, 0.1) is 11.1 Å². The summed E-state index contributed by atoms with van der Waals surface area (Å²) in [6.07, 6.45) is 1.48. The van der Waals surface area contributed by atoms with Crippen LogP contribution in [0.2, 0.25) is 0 Å². The van der Waals surface area contributed by atoms with Gasteiger partial charge < -0.3 is 16.4 Å². The minimum atomic E-state index is -0.489. The highest BCUT2D eigenvalue weighted by atomic mass is 16.1. The number of para-hydroxylation sites is 1. The Labute approximate surface area is 168 Å². The number of hydrogen-bond donors (Lipinski definition) is 3. The third-order valence-electron chi connectivity index (χ3n) is 5.69. The van der Waals surface area contributed by atoms with Crippen LogP contribution in [-0.4, -0.2) is 35.0 Å². The Balaban J connectivity index is 1.54. The number of rotatable bonds is 4. The monoisotopic (exact) mass is 383 g/mol. The number of nitrogens with two attached hydrogens (primary N) is 1. The molecule has 1 fully saturated rings. The number of amides is 1. The lowest BCUT2D eigenvalue weighted by atomic mass is 9.90. The fourth-order valence-corrected chi connectivity index (χ4v) is 4.31. The predicted molar refractivity (Wildman–Crippen MR) is 115 cm³/mol. The topological polar surface area (TPSA) is 92.9 Å². The number of anilines is 1. The van der Waals surface area contributed by atoms with Crippen molar-refractivity contribution < 1.29 is 4.79 Å². The zero-order valence-corrected chi connectivity index (χ0v) is 15.8. The van der Waals surface area contributed by atoms with Gasteiger partial charge in [-0.25, -0.2) is 9.97 Å². The molecule has 0 unspecified atom stereocenters. The van der Waals surface area contributed by atoms with Gasteiger partial charge in [0, 0.05) is 30.4 Å². The summed E-state index contributed by atoms with van der Waals surface area (Å²) in [5.74, 6) is 0.527. The van der Waals surface area contributed by atoms with Crippen molar-refractivity contribution in [1.29, 1.82) is 0 Å². The molecule has 144 valence electrons. The van der Waals surface area contributed by atoms with E-state index in [1.165, 1.54) is 22.7 Å². The highest BCUT2D eigenvalue weighted by molar-refractivity contribution is 6.06. The van der Waals surface area contributed by atoms with Gasteiger partial charge in [-0.05, 0) is 28.5 Å². The van der Waals surface area contributed by atoms with Crippen LogP contribution in [0.1, 0.15) is 21.8 Å². The summed E-state index contributed by atoms with van der Waals surface area (Å²) in [6, 6.07) is 20.5. The van der Waals surface area contributed by atoms with Crippen molar-refractivity contribution in [3.8, 4) is 0 Å². The number of nitrogens with zero attached hydrogens (tertiary/aromatic N) is 2. The van der Waals surface area contributed by atoms with Crippen molar-refractivity contribution in [2.24, 2.45) is 5.73 Å². The van der Waals surface area contributed by atoms with E-state index in [1.54, 1.807) is 6.07 Å². The standard InChI is InChI=1S/C23H21N5O/c24-22(29)17-9-4-10-18-21(17)26-13-27-23(18)28-20-12-25-11-19(20)16-8-3-6-14-5-1-2-7-15(14)16/h1-10,13,19-20,25H,11-12H2,(H2,24,29)(H,26,27,28)/t19-,20-/m0/s1. The number of carbonyl (C=O) groups is 1. The Kier molecular flexibility index (Phi) is 4.33. The predicted octanol–water partition coefficient (Wildman–Crippen LogP) is 3.05. The summed E-state index contributed by atoms with van der Waals surface area (Å²) < 4.78 is 0. The van der Waals surface area contributed by atoms with E-state index in [0.29, 0.717) is 17.0 Å². The van der Waals surface area contributed by atoms with E-state index in [2.05, 4.69) is 63.1 Å². The molecule has 1 saturated heterocycles. The highest BCUT2D eigenvalue weighted by Gasteiger charge is 2.30. The third kappa shape index (κ3) is 3.07. The number of primary amides is 1. The molecular formula is C23H21N5O. The van der Waals surface area contributed by atoms with Crippen LogP contribution in [0.15, 0.2) is 67.0 Å². The molecule has 4 N–H and O–H groups in total. The van der Waals surface area contributed by atoms with Crippen LogP contribution >= 0.6 is 0 Å². The van der Waals surface area contributed by atoms with Gasteiger partial charge in [-0.3, -0.25) is 4.79 Å². The molecule has 4 aromatic rings. The zero-order chi connectivity index (χ0) is 19.8. The maximum absolute atomic E-state index is 11.8. The lowest BCUT2D eigenvalue weighted by Gasteiger charge is -2.23. The molecule has 29 heavy (non-hydrogen) atoms. The number of benzene rings is 3. The first-order chi connectivity index (χ1) is 14.2. The molecule has 6 nitrogen and oxygen atoms in total. The maximum atomic E-state index is 11.8. The van der Waals surface area contributed by atoms with Gasteiger partial charge in [0.2, 0.25) is 0 Å². The van der Waals surface area contributed by atoms with Crippen LogP contribution < -0.4 is 16.4 Å². The number of nitrogens with one attached hydrogen (secondary N) is 2. The third-order valence-corrected chi connectivity index (χ3v) is 5.69. The van der Waals surface area contributed by atoms with Crippen molar-refractivity contribution in [3.05, 3.63) is 78.1 Å². The summed E-state index contributed by atoms with van der Waals surface area (Å²) in [6.45, 7) is 1.72. The summed E-state index contributed by atoms with van der Waals surface area (Å²) >= 11 is 0. The van der Waals surface area contributed by atoms with Crippen LogP contribution in [0.4, 0.5) is 5.82 Å². The molecule has 2 heterocycles. The molecule has 6 heteroatoms. The van der Waals surface area contributed by atoms with E-state index >= 15 is 0 Å². The smallest absolute Gasteiger partial charge is 0.250 e. The van der Waals surface area contributed by atoms with Crippen LogP contribution in [0.5, 0.6) is 0 Å². The molecule has 1 aliphatic heterocycles. The molecule has 3 aromatic carbocycles. The minimum Gasteiger partial charge on any atom is -0.366 e. The minimum absolute atomic E-state index is 0.163. The van der Waals surface area contributed by atoms with Gasteiger partial charge in [-0.1, -0.05) is 48.5 Å². The Morgan fingerprint density at radius 1 is 0.966 bits per heavy atom. The molecule has 5 rings (SSSR count). The van der Waals surface area contributed by atoms with Gasteiger partial charge in [-0.15, -0.1) is 0 Å². The maximum Gasteiger partial charge on any atom is 0.250 e. The van der Waals surface area contributed by atoms with Crippen molar-refractivity contribution in [2.45, 2.75) is 12.0 Å². The number of hydrogen-bond acceptors (Lipinski definition) is 5. The molecule has 0 spiro atoms. The lowest BCUT2D eigenvalue weighted by Crippen LogP contribution is -2.28. The van der Waals surface area contributed by atoms with Gasteiger partial charge in [0.15, 0.2) is 0 Å². The number of fused-ring (bicyclic) bond motifs is 2. The van der Waals surface area contributed by atoms with Crippen LogP contribution in [0.25, 0.3) is 21.7 Å². The summed E-state index contributed by atoms with van der Waals surface area (Å²) in [7, 11) is 0. The van der Waals surface area contributed by atoms with Crippen LogP contribution in [0.3, 0.4) is 0 Å². The number of aromatic nitrogens is 2. The SMILES string of the molecule is NC(=O)c1cccc2c(N[C@H]3CNC[C@H]3c3cccc4ccccc34)ncnc12. The first-order valence-electron chi connectivity index (χ1n) is 9.71. The van der Waals surface area contributed by atoms with E-state index in [4.69, 9.17) is 5.73 Å². The van der Waals surface area contributed by atoms with Crippen molar-refractivity contribution >= 4 is 33.4 Å². The summed E-state index contributed by atoms with van der Waals surface area (Å²) in [5, 5.41) is 10.4. The van der Waals surface area contributed by atoms with Crippen molar-refractivity contribution in [1.82, 2.24) is 15.3 Å². The van der Waals surface area contributed by atoms with Gasteiger partial charge in [0.25, 0.3) is 5.91 Å². The second kappa shape index (κ2) is 7.14. The summed E-state index contributed by atoms with van der Waals surface area (Å²) in [4.78, 5) is 20.5. The molecule has 2 atom stereocenters. The van der Waals surface area contributed by atoms with E-state index < -0.39 is 5.91 Å². The van der Waals surface area contributed by atoms with Gasteiger partial charge in [0.1, 0.15) is 12.1 Å². The van der Waals surface area contributed by atoms with E-state index in [1.807, 2.05) is 12.1 Å². The van der Waals surface area contributed by atoms with E-state index in [-0.39, 0.29) is 6.04 Å². The number of carbonyl (C=O) groups excluding carboxylic acids is 1. The second-order valence-electron chi connectivity index (χ2n) is 7.37. The molecular weight excluding hydrogens is 362 g/mol. The molecule has 1 aliphatic rings. The van der Waals surface area contributed by atoms with Gasteiger partial charge >= 0.3 is 0 Å². The molecule has 0 aliphatic carbocycles. The Bertz CT molecular complexity index is 1220. The zero-order valence-electron chi connectivity index (χ0n) is 15.8. The average molecular weight is 383 g/mol. The average Bonchev–Trinajstić information content (AvgIpc) is 3.21. The molecule has 0 bridgehead atoms. The van der Waals surface area contributed by atoms with Crippen molar-refractivity contribution in [2.75, 3.05) is 18.4 Å². The second-order valence-corrected chi connectivity index (χ2v) is 7.37. The fraction of sp³-hybridized carbons (Fsp3) is 0.174. The van der Waals surface area contributed by atoms with Gasteiger partial charge in [-0.2, -0.15) is 0 Å². The van der Waals surface area contributed by atoms with E-state index in [9.17, 15) is 4.79 Å². The summed E-state index contributed by atoms with van der Waals surface area (Å²) in [5.41, 5.74) is 7.82. The molecule has 0 saturated carbocycles. The lowest BCUT2D eigenvalue weighted by molar-refractivity contribution is 0.100. The Morgan fingerprint density at radius 2 is 1.76 bits per heavy atom. The molecule has 0 radical (unpaired) electrons. The molecule has 1 amide bonds. The highest BCUT2D eigenvalue weighted by Crippen LogP contribution is 2.32. The van der Waals surface area contributed by atoms with Crippen LogP contribution in [0, 0.1) is 0 Å². The normalized spacial score (nSPS) is 18.9. The van der Waals surface area contributed by atoms with E-state index in [0.717, 1.165) is 24.3 Å². The fourth-order valence-electron chi connectivity index (χ4n) is 4.31. The molecule has 1 aromatic heterocycles. The van der Waals surface area contributed by atoms with Crippen LogP contribution in [-0.2, 0) is 0 Å². The first-order valence-corrected chi connectivity index (χ1v) is 9.71. The Morgan fingerprint density at radius 3 is 2.66 bits per heavy atom. The quantitative estimate of drug-likeness (QED) is 0.504. The van der Waals surface area contributed by atoms with Crippen molar-refractivity contribution in [3.63, 3.8) is 0 Å². The Hall–Kier alpha value is -3.51. The first kappa shape index (κ1) is 17.6.